The van der Waals surface area contributed by atoms with Gasteiger partial charge in [0.2, 0.25) is 5.91 Å². The third-order valence-corrected chi connectivity index (χ3v) is 2.89. The van der Waals surface area contributed by atoms with Crippen LogP contribution in [-0.4, -0.2) is 22.3 Å². The zero-order valence-corrected chi connectivity index (χ0v) is 11.2. The van der Waals surface area contributed by atoms with E-state index in [4.69, 9.17) is 11.5 Å². The van der Waals surface area contributed by atoms with Gasteiger partial charge in [-0.15, -0.1) is 0 Å². The highest BCUT2D eigenvalue weighted by atomic mass is 16.1. The number of hydrogen-bond donors (Lipinski definition) is 2. The first kappa shape index (κ1) is 14.0. The minimum absolute atomic E-state index is 0.205. The van der Waals surface area contributed by atoms with Gasteiger partial charge in [0.05, 0.1) is 6.54 Å². The fourth-order valence-corrected chi connectivity index (χ4v) is 2.08. The van der Waals surface area contributed by atoms with E-state index in [2.05, 4.69) is 4.98 Å². The fraction of sp³-hybridized carbons (Fsp3) is 0.200. The van der Waals surface area contributed by atoms with Crippen molar-refractivity contribution in [2.24, 2.45) is 5.73 Å². The Morgan fingerprint density at radius 1 is 1.10 bits per heavy atom. The molecular weight excluding hydrogens is 252 g/mol. The summed E-state index contributed by atoms with van der Waals surface area (Å²) < 4.78 is 0. The summed E-state index contributed by atoms with van der Waals surface area (Å²) in [5.41, 5.74) is 13.9. The maximum atomic E-state index is 11.2. The molecule has 5 nitrogen and oxygen atoms in total. The van der Waals surface area contributed by atoms with E-state index in [9.17, 15) is 4.79 Å². The van der Waals surface area contributed by atoms with Crippen LogP contribution in [0.2, 0.25) is 0 Å². The summed E-state index contributed by atoms with van der Waals surface area (Å²) in [6.07, 6.45) is 3.47. The SMILES string of the molecule is NC(=O)CN(Cc1ccncc1)Cc1cccc(N)c1. The van der Waals surface area contributed by atoms with Crippen molar-refractivity contribution in [1.82, 2.24) is 9.88 Å². The Kier molecular flexibility index (Phi) is 4.68. The lowest BCUT2D eigenvalue weighted by molar-refractivity contribution is -0.119. The summed E-state index contributed by atoms with van der Waals surface area (Å²) in [5, 5.41) is 0. The van der Waals surface area contributed by atoms with E-state index < -0.39 is 0 Å². The van der Waals surface area contributed by atoms with Crippen LogP contribution in [0.4, 0.5) is 5.69 Å². The molecule has 0 saturated heterocycles. The van der Waals surface area contributed by atoms with Crippen molar-refractivity contribution in [3.63, 3.8) is 0 Å². The number of amides is 1. The molecule has 0 unspecified atom stereocenters. The molecule has 0 atom stereocenters. The van der Waals surface area contributed by atoms with Crippen molar-refractivity contribution < 1.29 is 4.79 Å². The number of nitrogen functional groups attached to an aromatic ring is 1. The van der Waals surface area contributed by atoms with Crippen LogP contribution in [0, 0.1) is 0 Å². The quantitative estimate of drug-likeness (QED) is 0.771. The number of primary amides is 1. The van der Waals surface area contributed by atoms with Gasteiger partial charge >= 0.3 is 0 Å². The van der Waals surface area contributed by atoms with Gasteiger partial charge in [-0.25, -0.2) is 0 Å². The molecule has 0 spiro atoms. The second-order valence-electron chi connectivity index (χ2n) is 4.71. The van der Waals surface area contributed by atoms with Crippen molar-refractivity contribution in [2.45, 2.75) is 13.1 Å². The smallest absolute Gasteiger partial charge is 0.231 e. The second kappa shape index (κ2) is 6.68. The Balaban J connectivity index is 2.09. The first-order valence-electron chi connectivity index (χ1n) is 6.37. The molecule has 4 N–H and O–H groups in total. The number of benzene rings is 1. The predicted molar refractivity (Wildman–Crippen MR) is 78.4 cm³/mol. The minimum Gasteiger partial charge on any atom is -0.399 e. The van der Waals surface area contributed by atoms with Gasteiger partial charge in [-0.1, -0.05) is 12.1 Å². The molecule has 1 aromatic carbocycles. The summed E-state index contributed by atoms with van der Waals surface area (Å²) >= 11 is 0. The number of nitrogens with two attached hydrogens (primary N) is 2. The third kappa shape index (κ3) is 4.37. The average Bonchev–Trinajstić information content (AvgIpc) is 2.39. The largest absolute Gasteiger partial charge is 0.399 e. The van der Waals surface area contributed by atoms with E-state index in [-0.39, 0.29) is 12.5 Å². The van der Waals surface area contributed by atoms with E-state index in [0.717, 1.165) is 11.1 Å². The minimum atomic E-state index is -0.344. The van der Waals surface area contributed by atoms with Gasteiger partial charge in [-0.05, 0) is 35.4 Å². The maximum absolute atomic E-state index is 11.2. The molecule has 0 fully saturated rings. The summed E-state index contributed by atoms with van der Waals surface area (Å²) in [6, 6.07) is 11.5. The van der Waals surface area contributed by atoms with Crippen molar-refractivity contribution in [3.8, 4) is 0 Å². The normalized spacial score (nSPS) is 10.7. The van der Waals surface area contributed by atoms with Gasteiger partial charge in [0, 0.05) is 31.2 Å². The van der Waals surface area contributed by atoms with Crippen LogP contribution >= 0.6 is 0 Å². The molecule has 2 aromatic rings. The molecule has 0 aliphatic heterocycles. The molecule has 1 amide bonds. The summed E-state index contributed by atoms with van der Waals surface area (Å²) in [5.74, 6) is -0.344. The number of rotatable bonds is 6. The Morgan fingerprint density at radius 3 is 2.45 bits per heavy atom. The van der Waals surface area contributed by atoms with Crippen molar-refractivity contribution in [1.29, 1.82) is 0 Å². The number of pyridine rings is 1. The first-order valence-corrected chi connectivity index (χ1v) is 6.37. The Labute approximate surface area is 118 Å². The van der Waals surface area contributed by atoms with Crippen LogP contribution in [-0.2, 0) is 17.9 Å². The van der Waals surface area contributed by atoms with Crippen LogP contribution in [0.3, 0.4) is 0 Å². The van der Waals surface area contributed by atoms with Crippen LogP contribution in [0.1, 0.15) is 11.1 Å². The van der Waals surface area contributed by atoms with Crippen LogP contribution < -0.4 is 11.5 Å². The molecule has 5 heteroatoms. The zero-order valence-electron chi connectivity index (χ0n) is 11.2. The second-order valence-corrected chi connectivity index (χ2v) is 4.71. The van der Waals surface area contributed by atoms with Gasteiger partial charge in [-0.3, -0.25) is 14.7 Å². The van der Waals surface area contributed by atoms with Gasteiger partial charge in [0.25, 0.3) is 0 Å². The number of nitrogens with zero attached hydrogens (tertiary/aromatic N) is 2. The maximum Gasteiger partial charge on any atom is 0.231 e. The lowest BCUT2D eigenvalue weighted by Crippen LogP contribution is -2.33. The number of carbonyl (C=O) groups is 1. The number of carbonyl (C=O) groups excluding carboxylic acids is 1. The van der Waals surface area contributed by atoms with Gasteiger partial charge in [0.15, 0.2) is 0 Å². The topological polar surface area (TPSA) is 85.2 Å². The zero-order chi connectivity index (χ0) is 14.4. The highest BCUT2D eigenvalue weighted by Crippen LogP contribution is 2.12. The number of aromatic nitrogens is 1. The number of hydrogen-bond acceptors (Lipinski definition) is 4. The van der Waals surface area contributed by atoms with Gasteiger partial charge in [-0.2, -0.15) is 0 Å². The third-order valence-electron chi connectivity index (χ3n) is 2.89. The summed E-state index contributed by atoms with van der Waals surface area (Å²) in [4.78, 5) is 17.2. The molecular formula is C15H18N4O. The van der Waals surface area contributed by atoms with Gasteiger partial charge < -0.3 is 11.5 Å². The number of anilines is 1. The summed E-state index contributed by atoms with van der Waals surface area (Å²) in [7, 11) is 0. The van der Waals surface area contributed by atoms with E-state index >= 15 is 0 Å². The van der Waals surface area contributed by atoms with Crippen LogP contribution in [0.5, 0.6) is 0 Å². The van der Waals surface area contributed by atoms with Crippen LogP contribution in [0.15, 0.2) is 48.8 Å². The molecule has 0 saturated carbocycles. The van der Waals surface area contributed by atoms with E-state index in [0.29, 0.717) is 18.8 Å². The fourth-order valence-electron chi connectivity index (χ4n) is 2.08. The molecule has 20 heavy (non-hydrogen) atoms. The van der Waals surface area contributed by atoms with Gasteiger partial charge in [0.1, 0.15) is 0 Å². The summed E-state index contributed by atoms with van der Waals surface area (Å²) in [6.45, 7) is 1.47. The molecule has 1 aromatic heterocycles. The monoisotopic (exact) mass is 270 g/mol. The predicted octanol–water partition coefficient (Wildman–Crippen LogP) is 1.15. The Bertz CT molecular complexity index is 571. The Morgan fingerprint density at radius 2 is 1.80 bits per heavy atom. The lowest BCUT2D eigenvalue weighted by atomic mass is 10.1. The van der Waals surface area contributed by atoms with Crippen molar-refractivity contribution >= 4 is 11.6 Å². The first-order chi connectivity index (χ1) is 9.63. The molecule has 0 aliphatic rings. The van der Waals surface area contributed by atoms with Crippen molar-refractivity contribution in [2.75, 3.05) is 12.3 Å². The Hall–Kier alpha value is -2.40. The lowest BCUT2D eigenvalue weighted by Gasteiger charge is -2.21. The molecule has 0 radical (unpaired) electrons. The molecule has 104 valence electrons. The van der Waals surface area contributed by atoms with E-state index in [1.165, 1.54) is 0 Å². The molecule has 0 bridgehead atoms. The highest BCUT2D eigenvalue weighted by Gasteiger charge is 2.10. The van der Waals surface area contributed by atoms with E-state index in [1.807, 2.05) is 41.3 Å². The molecule has 2 rings (SSSR count). The standard InChI is InChI=1S/C15H18N4O/c16-14-3-1-2-13(8-14)10-19(11-15(17)20)9-12-4-6-18-7-5-12/h1-8H,9-11,16H2,(H2,17,20). The van der Waals surface area contributed by atoms with Crippen molar-refractivity contribution in [3.05, 3.63) is 59.9 Å². The highest BCUT2D eigenvalue weighted by molar-refractivity contribution is 5.75. The molecule has 1 heterocycles. The van der Waals surface area contributed by atoms with E-state index in [1.54, 1.807) is 12.4 Å². The molecule has 0 aliphatic carbocycles. The van der Waals surface area contributed by atoms with Crippen LogP contribution in [0.25, 0.3) is 0 Å². The average molecular weight is 270 g/mol.